The predicted molar refractivity (Wildman–Crippen MR) is 73.5 cm³/mol. The largest absolute Gasteiger partial charge is 0.457 e. The zero-order chi connectivity index (χ0) is 16.3. The third kappa shape index (κ3) is 2.99. The first-order valence-electron chi connectivity index (χ1n) is 5.88. The second-order valence-corrected chi connectivity index (χ2v) is 4.16. The summed E-state index contributed by atoms with van der Waals surface area (Å²) >= 11 is 0. The topological polar surface area (TPSA) is 123 Å². The average molecular weight is 301 g/mol. The van der Waals surface area contributed by atoms with Crippen LogP contribution in [0.4, 0.5) is 10.1 Å². The third-order valence-electron chi connectivity index (χ3n) is 2.73. The van der Waals surface area contributed by atoms with E-state index in [0.717, 1.165) is 18.2 Å². The number of carbonyl (C=O) groups is 1. The van der Waals surface area contributed by atoms with Gasteiger partial charge in [-0.2, -0.15) is 9.65 Å². The summed E-state index contributed by atoms with van der Waals surface area (Å²) in [5, 5.41) is 19.4. The van der Waals surface area contributed by atoms with Gasteiger partial charge in [0.2, 0.25) is 5.82 Å². The van der Waals surface area contributed by atoms with Crippen LogP contribution >= 0.6 is 0 Å². The van der Waals surface area contributed by atoms with Gasteiger partial charge < -0.3 is 10.2 Å². The smallest absolute Gasteiger partial charge is 0.305 e. The quantitative estimate of drug-likeness (QED) is 0.402. The molecule has 1 amide bonds. The number of nitriles is 1. The lowest BCUT2D eigenvalue weighted by Gasteiger charge is -1.98. The summed E-state index contributed by atoms with van der Waals surface area (Å²) in [5.74, 6) is -1.48. The van der Waals surface area contributed by atoms with Crippen molar-refractivity contribution in [3.05, 3.63) is 57.6 Å². The van der Waals surface area contributed by atoms with Crippen molar-refractivity contribution in [1.29, 1.82) is 5.26 Å². The van der Waals surface area contributed by atoms with Crippen LogP contribution in [-0.4, -0.2) is 10.8 Å². The van der Waals surface area contributed by atoms with E-state index < -0.39 is 22.3 Å². The molecule has 22 heavy (non-hydrogen) atoms. The maximum atomic E-state index is 13.3. The molecule has 0 aliphatic heterocycles. The Morgan fingerprint density at radius 2 is 2.14 bits per heavy atom. The molecule has 0 spiro atoms. The van der Waals surface area contributed by atoms with Gasteiger partial charge in [0.15, 0.2) is 0 Å². The predicted octanol–water partition coefficient (Wildman–Crippen LogP) is 2.39. The summed E-state index contributed by atoms with van der Waals surface area (Å²) in [5.41, 5.74) is 4.30. The molecule has 0 unspecified atom stereocenters. The van der Waals surface area contributed by atoms with Crippen molar-refractivity contribution in [1.82, 2.24) is 0 Å². The fourth-order valence-electron chi connectivity index (χ4n) is 1.69. The van der Waals surface area contributed by atoms with Crippen molar-refractivity contribution >= 4 is 17.7 Å². The van der Waals surface area contributed by atoms with Gasteiger partial charge in [-0.1, -0.05) is 0 Å². The number of nitrogens with zero attached hydrogens (tertiary/aromatic N) is 2. The van der Waals surface area contributed by atoms with Crippen molar-refractivity contribution in [3.63, 3.8) is 0 Å². The molecule has 0 saturated carbocycles. The minimum absolute atomic E-state index is 0.164. The molecule has 0 radical (unpaired) electrons. The lowest BCUT2D eigenvalue weighted by atomic mass is 10.1. The van der Waals surface area contributed by atoms with Crippen LogP contribution in [0.1, 0.15) is 5.76 Å². The van der Waals surface area contributed by atoms with Gasteiger partial charge in [0.05, 0.1) is 4.92 Å². The summed E-state index contributed by atoms with van der Waals surface area (Å²) in [4.78, 5) is 20.8. The molecule has 0 aliphatic rings. The Labute approximate surface area is 123 Å². The fraction of sp³-hybridized carbons (Fsp3) is 0. The highest BCUT2D eigenvalue weighted by Crippen LogP contribution is 2.28. The van der Waals surface area contributed by atoms with Gasteiger partial charge >= 0.3 is 5.69 Å². The van der Waals surface area contributed by atoms with Crippen LogP contribution in [0.2, 0.25) is 0 Å². The lowest BCUT2D eigenvalue weighted by molar-refractivity contribution is -0.387. The normalized spacial score (nSPS) is 11.0. The zero-order valence-electron chi connectivity index (χ0n) is 10.9. The van der Waals surface area contributed by atoms with Crippen molar-refractivity contribution in [2.75, 3.05) is 0 Å². The van der Waals surface area contributed by atoms with Gasteiger partial charge in [0.1, 0.15) is 23.2 Å². The van der Waals surface area contributed by atoms with E-state index in [2.05, 4.69) is 0 Å². The SMILES string of the molecule is N#C/C(=C\c1ccc(-c2ccc(F)c([N+](=O)[O-])c2)o1)C(N)=O. The second-order valence-electron chi connectivity index (χ2n) is 4.16. The number of benzene rings is 1. The van der Waals surface area contributed by atoms with Crippen LogP contribution in [0.3, 0.4) is 0 Å². The Morgan fingerprint density at radius 1 is 1.41 bits per heavy atom. The molecule has 0 saturated heterocycles. The molecule has 110 valence electrons. The van der Waals surface area contributed by atoms with Crippen LogP contribution in [0.5, 0.6) is 0 Å². The van der Waals surface area contributed by atoms with E-state index in [9.17, 15) is 19.3 Å². The molecule has 2 N–H and O–H groups in total. The molecule has 0 fully saturated rings. The first-order chi connectivity index (χ1) is 10.4. The number of nitro benzene ring substituents is 1. The summed E-state index contributed by atoms with van der Waals surface area (Å²) in [6.45, 7) is 0. The van der Waals surface area contributed by atoms with E-state index in [-0.39, 0.29) is 22.7 Å². The molecule has 1 aromatic heterocycles. The lowest BCUT2D eigenvalue weighted by Crippen LogP contribution is -2.12. The Balaban J connectivity index is 2.41. The Morgan fingerprint density at radius 3 is 2.73 bits per heavy atom. The van der Waals surface area contributed by atoms with Crippen LogP contribution in [0.15, 0.2) is 40.3 Å². The highest BCUT2D eigenvalue weighted by molar-refractivity contribution is 6.00. The Bertz CT molecular complexity index is 833. The first-order valence-corrected chi connectivity index (χ1v) is 5.88. The molecule has 8 heteroatoms. The van der Waals surface area contributed by atoms with Gasteiger partial charge in [0, 0.05) is 17.7 Å². The van der Waals surface area contributed by atoms with E-state index in [1.165, 1.54) is 18.2 Å². The van der Waals surface area contributed by atoms with Gasteiger partial charge in [-0.3, -0.25) is 14.9 Å². The molecule has 1 heterocycles. The van der Waals surface area contributed by atoms with E-state index in [1.54, 1.807) is 6.07 Å². The van der Waals surface area contributed by atoms with Gasteiger partial charge in [-0.05, 0) is 24.3 Å². The van der Waals surface area contributed by atoms with Crippen molar-refractivity contribution in [2.45, 2.75) is 0 Å². The fourth-order valence-corrected chi connectivity index (χ4v) is 1.69. The third-order valence-corrected chi connectivity index (χ3v) is 2.73. The van der Waals surface area contributed by atoms with Gasteiger partial charge in [-0.15, -0.1) is 0 Å². The maximum Gasteiger partial charge on any atom is 0.305 e. The molecule has 0 bridgehead atoms. The molecule has 2 rings (SSSR count). The summed E-state index contributed by atoms with van der Waals surface area (Å²) < 4.78 is 18.6. The molecular weight excluding hydrogens is 293 g/mol. The molecule has 1 aromatic carbocycles. The summed E-state index contributed by atoms with van der Waals surface area (Å²) in [7, 11) is 0. The first kappa shape index (κ1) is 14.9. The number of primary amides is 1. The standard InChI is InChI=1S/C14H8FN3O4/c15-11-3-1-8(6-12(11)18(20)21)13-4-2-10(22-13)5-9(7-16)14(17)19/h1-6H,(H2,17,19)/b9-5+. The van der Waals surface area contributed by atoms with Crippen LogP contribution in [0, 0.1) is 27.3 Å². The highest BCUT2D eigenvalue weighted by Gasteiger charge is 2.16. The van der Waals surface area contributed by atoms with Gasteiger partial charge in [-0.25, -0.2) is 0 Å². The molecule has 0 atom stereocenters. The average Bonchev–Trinajstić information content (AvgIpc) is 2.93. The molecular formula is C14H8FN3O4. The van der Waals surface area contributed by atoms with Gasteiger partial charge in [0.25, 0.3) is 5.91 Å². The van der Waals surface area contributed by atoms with E-state index in [0.29, 0.717) is 0 Å². The van der Waals surface area contributed by atoms with Crippen LogP contribution in [-0.2, 0) is 4.79 Å². The number of hydrogen-bond acceptors (Lipinski definition) is 5. The number of carbonyl (C=O) groups excluding carboxylic acids is 1. The van der Waals surface area contributed by atoms with Crippen LogP contribution < -0.4 is 5.73 Å². The molecule has 7 nitrogen and oxygen atoms in total. The number of rotatable bonds is 4. The maximum absolute atomic E-state index is 13.3. The van der Waals surface area contributed by atoms with Crippen LogP contribution in [0.25, 0.3) is 17.4 Å². The number of halogens is 1. The van der Waals surface area contributed by atoms with E-state index in [4.69, 9.17) is 15.4 Å². The number of nitrogens with two attached hydrogens (primary N) is 1. The monoisotopic (exact) mass is 301 g/mol. The number of amides is 1. The highest BCUT2D eigenvalue weighted by atomic mass is 19.1. The van der Waals surface area contributed by atoms with Crippen molar-refractivity contribution in [2.24, 2.45) is 5.73 Å². The second kappa shape index (κ2) is 5.88. The zero-order valence-corrected chi connectivity index (χ0v) is 10.9. The summed E-state index contributed by atoms with van der Waals surface area (Å²) in [6.07, 6.45) is 1.14. The van der Waals surface area contributed by atoms with E-state index in [1.807, 2.05) is 0 Å². The number of nitro groups is 1. The Kier molecular flexibility index (Phi) is 3.99. The van der Waals surface area contributed by atoms with Crippen molar-refractivity contribution < 1.29 is 18.5 Å². The summed E-state index contributed by atoms with van der Waals surface area (Å²) in [6, 6.07) is 7.83. The minimum Gasteiger partial charge on any atom is -0.457 e. The number of hydrogen-bond donors (Lipinski definition) is 1. The molecule has 2 aromatic rings. The number of furan rings is 1. The Hall–Kier alpha value is -3.47. The minimum atomic E-state index is -0.957. The molecule has 0 aliphatic carbocycles. The van der Waals surface area contributed by atoms with E-state index >= 15 is 0 Å². The van der Waals surface area contributed by atoms with Crippen molar-refractivity contribution in [3.8, 4) is 17.4 Å².